The van der Waals surface area contributed by atoms with Crippen LogP contribution in [-0.4, -0.2) is 30.1 Å². The molecular formula is C15H26N4. The molecular weight excluding hydrogens is 236 g/mol. The molecule has 1 fully saturated rings. The normalized spacial score (nSPS) is 19.8. The van der Waals surface area contributed by atoms with E-state index in [0.717, 1.165) is 37.1 Å². The van der Waals surface area contributed by atoms with Gasteiger partial charge >= 0.3 is 0 Å². The molecule has 1 atom stereocenters. The maximum atomic E-state index is 4.53. The minimum absolute atomic E-state index is 0.375. The van der Waals surface area contributed by atoms with Crippen molar-refractivity contribution in [2.24, 2.45) is 11.3 Å². The Labute approximate surface area is 116 Å². The average molecular weight is 262 g/mol. The topological polar surface area (TPSA) is 41.1 Å². The predicted molar refractivity (Wildman–Crippen MR) is 80.7 cm³/mol. The van der Waals surface area contributed by atoms with Crippen LogP contribution in [-0.2, 0) is 6.42 Å². The molecule has 4 heteroatoms. The van der Waals surface area contributed by atoms with Crippen molar-refractivity contribution in [1.82, 2.24) is 9.97 Å². The van der Waals surface area contributed by atoms with Gasteiger partial charge in [0.2, 0.25) is 0 Å². The van der Waals surface area contributed by atoms with E-state index in [0.29, 0.717) is 5.41 Å². The Hall–Kier alpha value is -1.32. The van der Waals surface area contributed by atoms with E-state index in [1.165, 1.54) is 12.0 Å². The fourth-order valence-corrected chi connectivity index (χ4v) is 2.88. The van der Waals surface area contributed by atoms with Crippen LogP contribution in [0.2, 0.25) is 0 Å². The summed E-state index contributed by atoms with van der Waals surface area (Å²) in [5.41, 5.74) is 1.61. The minimum Gasteiger partial charge on any atom is -0.373 e. The van der Waals surface area contributed by atoms with Crippen molar-refractivity contribution in [2.75, 3.05) is 30.4 Å². The van der Waals surface area contributed by atoms with Crippen molar-refractivity contribution in [1.29, 1.82) is 0 Å². The molecule has 1 unspecified atom stereocenters. The van der Waals surface area contributed by atoms with Crippen molar-refractivity contribution < 1.29 is 0 Å². The van der Waals surface area contributed by atoms with Gasteiger partial charge in [0.05, 0.1) is 0 Å². The van der Waals surface area contributed by atoms with Crippen molar-refractivity contribution in [2.45, 2.75) is 40.5 Å². The van der Waals surface area contributed by atoms with Crippen molar-refractivity contribution >= 4 is 11.6 Å². The second-order valence-electron chi connectivity index (χ2n) is 6.43. The fourth-order valence-electron chi connectivity index (χ4n) is 2.88. The first-order chi connectivity index (χ1) is 8.97. The van der Waals surface area contributed by atoms with Gasteiger partial charge in [-0.25, -0.2) is 9.97 Å². The van der Waals surface area contributed by atoms with Gasteiger partial charge in [-0.1, -0.05) is 27.7 Å². The standard InChI is InChI=1S/C15H26N4/c1-6-12-13(16-5)17-10-18-14(12)19-8-7-11(9-19)15(2,3)4/h10-11H,6-9H2,1-5H3,(H,16,17,18). The Morgan fingerprint density at radius 2 is 2.11 bits per heavy atom. The zero-order valence-electron chi connectivity index (χ0n) is 12.8. The first-order valence-corrected chi connectivity index (χ1v) is 7.24. The number of anilines is 2. The quantitative estimate of drug-likeness (QED) is 0.909. The highest BCUT2D eigenvalue weighted by atomic mass is 15.2. The predicted octanol–water partition coefficient (Wildman–Crippen LogP) is 2.95. The van der Waals surface area contributed by atoms with E-state index < -0.39 is 0 Å². The molecule has 0 bridgehead atoms. The largest absolute Gasteiger partial charge is 0.373 e. The smallest absolute Gasteiger partial charge is 0.137 e. The molecule has 2 heterocycles. The van der Waals surface area contributed by atoms with Crippen LogP contribution in [0.15, 0.2) is 6.33 Å². The van der Waals surface area contributed by atoms with E-state index in [1.807, 2.05) is 7.05 Å². The summed E-state index contributed by atoms with van der Waals surface area (Å²) in [6.07, 6.45) is 3.89. The van der Waals surface area contributed by atoms with Crippen LogP contribution in [0, 0.1) is 11.3 Å². The summed E-state index contributed by atoms with van der Waals surface area (Å²) >= 11 is 0. The first kappa shape index (κ1) is 14.1. The Morgan fingerprint density at radius 1 is 1.37 bits per heavy atom. The highest BCUT2D eigenvalue weighted by Crippen LogP contribution is 2.36. The maximum Gasteiger partial charge on any atom is 0.137 e. The van der Waals surface area contributed by atoms with Crippen LogP contribution in [0.3, 0.4) is 0 Å². The summed E-state index contributed by atoms with van der Waals surface area (Å²) in [5, 5.41) is 3.17. The first-order valence-electron chi connectivity index (χ1n) is 7.24. The molecule has 0 spiro atoms. The number of rotatable bonds is 3. The number of nitrogens with one attached hydrogen (secondary N) is 1. The lowest BCUT2D eigenvalue weighted by molar-refractivity contribution is 0.263. The van der Waals surface area contributed by atoms with E-state index >= 15 is 0 Å². The van der Waals surface area contributed by atoms with Gasteiger partial charge < -0.3 is 10.2 Å². The Kier molecular flexibility index (Phi) is 3.97. The van der Waals surface area contributed by atoms with Gasteiger partial charge in [0.15, 0.2) is 0 Å². The highest BCUT2D eigenvalue weighted by Gasteiger charge is 2.33. The molecule has 2 rings (SSSR count). The van der Waals surface area contributed by atoms with Crippen LogP contribution in [0.5, 0.6) is 0 Å². The summed E-state index contributed by atoms with van der Waals surface area (Å²) < 4.78 is 0. The number of nitrogens with zero attached hydrogens (tertiary/aromatic N) is 3. The minimum atomic E-state index is 0.375. The molecule has 4 nitrogen and oxygen atoms in total. The fraction of sp³-hybridized carbons (Fsp3) is 0.733. The molecule has 1 aromatic rings. The third-order valence-electron chi connectivity index (χ3n) is 4.23. The summed E-state index contributed by atoms with van der Waals surface area (Å²) in [7, 11) is 1.92. The van der Waals surface area contributed by atoms with E-state index in [2.05, 4.69) is 47.9 Å². The van der Waals surface area contributed by atoms with Crippen LogP contribution in [0.1, 0.15) is 39.7 Å². The summed E-state index contributed by atoms with van der Waals surface area (Å²) in [6.45, 7) is 11.4. The molecule has 0 amide bonds. The monoisotopic (exact) mass is 262 g/mol. The van der Waals surface area contributed by atoms with Gasteiger partial charge in [0.1, 0.15) is 18.0 Å². The van der Waals surface area contributed by atoms with Crippen LogP contribution < -0.4 is 10.2 Å². The third-order valence-corrected chi connectivity index (χ3v) is 4.23. The Balaban J connectivity index is 2.24. The maximum absolute atomic E-state index is 4.53. The lowest BCUT2D eigenvalue weighted by Gasteiger charge is -2.28. The lowest BCUT2D eigenvalue weighted by atomic mass is 9.80. The summed E-state index contributed by atoms with van der Waals surface area (Å²) in [5.74, 6) is 2.82. The number of hydrogen-bond acceptors (Lipinski definition) is 4. The van der Waals surface area contributed by atoms with Gasteiger partial charge in [-0.2, -0.15) is 0 Å². The number of aromatic nitrogens is 2. The van der Waals surface area contributed by atoms with Gasteiger partial charge in [0, 0.05) is 25.7 Å². The molecule has 1 aliphatic rings. The van der Waals surface area contributed by atoms with E-state index in [1.54, 1.807) is 6.33 Å². The highest BCUT2D eigenvalue weighted by molar-refractivity contribution is 5.59. The van der Waals surface area contributed by atoms with Gasteiger partial charge in [-0.15, -0.1) is 0 Å². The zero-order chi connectivity index (χ0) is 14.0. The number of hydrogen-bond donors (Lipinski definition) is 1. The van der Waals surface area contributed by atoms with Gasteiger partial charge in [-0.3, -0.25) is 0 Å². The molecule has 0 aliphatic carbocycles. The van der Waals surface area contributed by atoms with Crippen LogP contribution in [0.4, 0.5) is 11.6 Å². The van der Waals surface area contributed by atoms with E-state index in [-0.39, 0.29) is 0 Å². The second-order valence-corrected chi connectivity index (χ2v) is 6.43. The molecule has 0 aromatic carbocycles. The molecule has 19 heavy (non-hydrogen) atoms. The SMILES string of the molecule is CCc1c(NC)ncnc1N1CCC(C(C)(C)C)C1. The molecule has 1 aliphatic heterocycles. The zero-order valence-corrected chi connectivity index (χ0v) is 12.8. The van der Waals surface area contributed by atoms with E-state index in [4.69, 9.17) is 0 Å². The molecule has 106 valence electrons. The Morgan fingerprint density at radius 3 is 2.63 bits per heavy atom. The Bertz CT molecular complexity index is 436. The molecule has 1 saturated heterocycles. The van der Waals surface area contributed by atoms with Crippen molar-refractivity contribution in [3.63, 3.8) is 0 Å². The van der Waals surface area contributed by atoms with Crippen molar-refractivity contribution in [3.05, 3.63) is 11.9 Å². The molecule has 1 N–H and O–H groups in total. The summed E-state index contributed by atoms with van der Waals surface area (Å²) in [4.78, 5) is 11.3. The van der Waals surface area contributed by atoms with Crippen LogP contribution >= 0.6 is 0 Å². The summed E-state index contributed by atoms with van der Waals surface area (Å²) in [6, 6.07) is 0. The van der Waals surface area contributed by atoms with Crippen molar-refractivity contribution in [3.8, 4) is 0 Å². The molecule has 0 radical (unpaired) electrons. The second kappa shape index (κ2) is 5.35. The van der Waals surface area contributed by atoms with E-state index in [9.17, 15) is 0 Å². The van der Waals surface area contributed by atoms with Gasteiger partial charge in [-0.05, 0) is 24.2 Å². The van der Waals surface area contributed by atoms with Gasteiger partial charge in [0.25, 0.3) is 0 Å². The lowest BCUT2D eigenvalue weighted by Crippen LogP contribution is -2.27. The average Bonchev–Trinajstić information content (AvgIpc) is 2.86. The van der Waals surface area contributed by atoms with Crippen LogP contribution in [0.25, 0.3) is 0 Å². The molecule has 1 aromatic heterocycles. The molecule has 0 saturated carbocycles. The third kappa shape index (κ3) is 2.82.